The van der Waals surface area contributed by atoms with E-state index in [9.17, 15) is 9.59 Å². The van der Waals surface area contributed by atoms with E-state index in [2.05, 4.69) is 15.5 Å². The summed E-state index contributed by atoms with van der Waals surface area (Å²) in [6.45, 7) is 2.18. The van der Waals surface area contributed by atoms with Gasteiger partial charge in [0.25, 0.3) is 0 Å². The van der Waals surface area contributed by atoms with Gasteiger partial charge in [0.2, 0.25) is 11.8 Å². The lowest BCUT2D eigenvalue weighted by atomic mass is 10.2. The molecule has 2 amide bonds. The SMILES string of the molecule is COc1cc(Cl)c(C)cc1NC(=O)CSc1nnc(-c2cccs2)n1CCC(N)=O. The highest BCUT2D eigenvalue weighted by molar-refractivity contribution is 7.99. The number of hydrogen-bond donors (Lipinski definition) is 2. The number of anilines is 1. The lowest BCUT2D eigenvalue weighted by Gasteiger charge is -2.12. The molecule has 3 aromatic rings. The first-order valence-corrected chi connectivity index (χ1v) is 11.2. The summed E-state index contributed by atoms with van der Waals surface area (Å²) < 4.78 is 7.10. The van der Waals surface area contributed by atoms with Crippen molar-refractivity contribution < 1.29 is 14.3 Å². The Morgan fingerprint density at radius 3 is 2.83 bits per heavy atom. The van der Waals surface area contributed by atoms with Crippen LogP contribution < -0.4 is 15.8 Å². The van der Waals surface area contributed by atoms with Gasteiger partial charge in [-0.25, -0.2) is 0 Å². The van der Waals surface area contributed by atoms with Crippen molar-refractivity contribution >= 4 is 52.2 Å². The Labute approximate surface area is 186 Å². The van der Waals surface area contributed by atoms with E-state index in [1.165, 1.54) is 30.2 Å². The van der Waals surface area contributed by atoms with Crippen LogP contribution in [-0.4, -0.2) is 39.4 Å². The third-order valence-electron chi connectivity index (χ3n) is 4.13. The second kappa shape index (κ2) is 9.96. The maximum atomic E-state index is 12.5. The van der Waals surface area contributed by atoms with Crippen LogP contribution in [0.1, 0.15) is 12.0 Å². The van der Waals surface area contributed by atoms with Crippen molar-refractivity contribution in [2.24, 2.45) is 5.73 Å². The summed E-state index contributed by atoms with van der Waals surface area (Å²) in [6.07, 6.45) is 0.150. The van der Waals surface area contributed by atoms with Crippen LogP contribution in [0.15, 0.2) is 34.8 Å². The highest BCUT2D eigenvalue weighted by Crippen LogP contribution is 2.31. The van der Waals surface area contributed by atoms with E-state index in [1.54, 1.807) is 12.1 Å². The minimum Gasteiger partial charge on any atom is -0.495 e. The molecular formula is C19H20ClN5O3S2. The van der Waals surface area contributed by atoms with Gasteiger partial charge in [-0.05, 0) is 30.0 Å². The van der Waals surface area contributed by atoms with Crippen molar-refractivity contribution in [3.8, 4) is 16.5 Å². The number of nitrogens with two attached hydrogens (primary N) is 1. The number of aromatic nitrogens is 3. The number of ether oxygens (including phenoxy) is 1. The maximum Gasteiger partial charge on any atom is 0.234 e. The third kappa shape index (κ3) is 5.32. The molecule has 3 rings (SSSR count). The van der Waals surface area contributed by atoms with Crippen LogP contribution in [0.3, 0.4) is 0 Å². The summed E-state index contributed by atoms with van der Waals surface area (Å²) in [5.74, 6) is 0.573. The smallest absolute Gasteiger partial charge is 0.234 e. The van der Waals surface area contributed by atoms with Crippen molar-refractivity contribution in [3.05, 3.63) is 40.2 Å². The number of thiophene rings is 1. The number of thioether (sulfide) groups is 1. The van der Waals surface area contributed by atoms with Crippen LogP contribution in [0.25, 0.3) is 10.7 Å². The molecule has 0 saturated heterocycles. The van der Waals surface area contributed by atoms with Gasteiger partial charge in [-0.1, -0.05) is 29.4 Å². The average Bonchev–Trinajstić information content (AvgIpc) is 3.36. The molecule has 0 fully saturated rings. The molecule has 30 heavy (non-hydrogen) atoms. The van der Waals surface area contributed by atoms with Gasteiger partial charge in [-0.15, -0.1) is 21.5 Å². The van der Waals surface area contributed by atoms with E-state index < -0.39 is 5.91 Å². The molecule has 1 aromatic carbocycles. The number of nitrogens with zero attached hydrogens (tertiary/aromatic N) is 3. The number of primary amides is 1. The van der Waals surface area contributed by atoms with Gasteiger partial charge in [0.1, 0.15) is 5.75 Å². The number of carbonyl (C=O) groups excluding carboxylic acids is 2. The van der Waals surface area contributed by atoms with Crippen molar-refractivity contribution in [1.29, 1.82) is 0 Å². The normalized spacial score (nSPS) is 10.8. The minimum absolute atomic E-state index is 0.101. The highest BCUT2D eigenvalue weighted by Gasteiger charge is 2.18. The molecule has 2 aromatic heterocycles. The number of amides is 2. The highest BCUT2D eigenvalue weighted by atomic mass is 35.5. The minimum atomic E-state index is -0.417. The first-order chi connectivity index (χ1) is 14.4. The van der Waals surface area contributed by atoms with Crippen molar-refractivity contribution in [3.63, 3.8) is 0 Å². The lowest BCUT2D eigenvalue weighted by Crippen LogP contribution is -2.17. The number of aryl methyl sites for hydroxylation is 1. The largest absolute Gasteiger partial charge is 0.495 e. The van der Waals surface area contributed by atoms with Crippen LogP contribution in [0, 0.1) is 6.92 Å². The second-order valence-corrected chi connectivity index (χ2v) is 8.59. The Morgan fingerprint density at radius 1 is 1.37 bits per heavy atom. The molecule has 0 aliphatic rings. The number of halogens is 1. The van der Waals surface area contributed by atoms with E-state index in [4.69, 9.17) is 22.1 Å². The fraction of sp³-hybridized carbons (Fsp3) is 0.263. The molecule has 158 valence electrons. The molecular weight excluding hydrogens is 446 g/mol. The number of hydrogen-bond acceptors (Lipinski definition) is 7. The van der Waals surface area contributed by atoms with Gasteiger partial charge in [0.15, 0.2) is 11.0 Å². The summed E-state index contributed by atoms with van der Waals surface area (Å²) >= 11 is 8.86. The standard InChI is InChI=1S/C19H20ClN5O3S2/c1-11-8-13(14(28-2)9-12(11)20)22-17(27)10-30-19-24-23-18(15-4-3-7-29-15)25(19)6-5-16(21)26/h3-4,7-9H,5-6,10H2,1-2H3,(H2,21,26)(H,22,27). The fourth-order valence-corrected chi connectivity index (χ4v) is 4.29. The molecule has 0 radical (unpaired) electrons. The molecule has 8 nitrogen and oxygen atoms in total. The fourth-order valence-electron chi connectivity index (χ4n) is 2.65. The lowest BCUT2D eigenvalue weighted by molar-refractivity contribution is -0.118. The topological polar surface area (TPSA) is 112 Å². The molecule has 2 heterocycles. The Kier molecular flexibility index (Phi) is 7.35. The predicted octanol–water partition coefficient (Wildman–Crippen LogP) is 3.58. The Balaban J connectivity index is 1.73. The van der Waals surface area contributed by atoms with Gasteiger partial charge >= 0.3 is 0 Å². The van der Waals surface area contributed by atoms with Gasteiger partial charge < -0.3 is 20.4 Å². The molecule has 3 N–H and O–H groups in total. The monoisotopic (exact) mass is 465 g/mol. The first kappa shape index (κ1) is 22.1. The van der Waals surface area contributed by atoms with E-state index >= 15 is 0 Å². The Bertz CT molecular complexity index is 1050. The predicted molar refractivity (Wildman–Crippen MR) is 119 cm³/mol. The molecule has 0 aliphatic carbocycles. The van der Waals surface area contributed by atoms with Crippen molar-refractivity contribution in [2.45, 2.75) is 25.0 Å². The molecule has 0 bridgehead atoms. The van der Waals surface area contributed by atoms with E-state index in [-0.39, 0.29) is 18.1 Å². The summed E-state index contributed by atoms with van der Waals surface area (Å²) in [4.78, 5) is 24.7. The van der Waals surface area contributed by atoms with Crippen LogP contribution in [-0.2, 0) is 16.1 Å². The number of benzene rings is 1. The molecule has 0 aliphatic heterocycles. The average molecular weight is 466 g/mol. The van der Waals surface area contributed by atoms with Gasteiger partial charge in [-0.3, -0.25) is 9.59 Å². The van der Waals surface area contributed by atoms with Gasteiger partial charge in [0, 0.05) is 24.1 Å². The number of carbonyl (C=O) groups is 2. The van der Waals surface area contributed by atoms with Crippen LogP contribution in [0.2, 0.25) is 5.02 Å². The zero-order valence-corrected chi connectivity index (χ0v) is 18.7. The Hall–Kier alpha value is -2.56. The molecule has 0 saturated carbocycles. The first-order valence-electron chi connectivity index (χ1n) is 8.91. The second-order valence-electron chi connectivity index (χ2n) is 6.29. The van der Waals surface area contributed by atoms with Gasteiger partial charge in [-0.2, -0.15) is 0 Å². The van der Waals surface area contributed by atoms with E-state index in [0.29, 0.717) is 34.0 Å². The molecule has 0 spiro atoms. The zero-order chi connectivity index (χ0) is 21.7. The summed E-state index contributed by atoms with van der Waals surface area (Å²) in [6, 6.07) is 7.25. The van der Waals surface area contributed by atoms with Crippen molar-refractivity contribution in [2.75, 3.05) is 18.2 Å². The summed E-state index contributed by atoms with van der Waals surface area (Å²) in [5, 5.41) is 14.3. The van der Waals surface area contributed by atoms with E-state index in [1.807, 2.05) is 29.0 Å². The quantitative estimate of drug-likeness (QED) is 0.467. The van der Waals surface area contributed by atoms with Crippen LogP contribution >= 0.6 is 34.7 Å². The molecule has 0 atom stereocenters. The van der Waals surface area contributed by atoms with Crippen LogP contribution in [0.4, 0.5) is 5.69 Å². The summed E-state index contributed by atoms with van der Waals surface area (Å²) in [5.41, 5.74) is 6.67. The summed E-state index contributed by atoms with van der Waals surface area (Å²) in [7, 11) is 1.51. The van der Waals surface area contributed by atoms with Gasteiger partial charge in [0.05, 0.1) is 23.4 Å². The zero-order valence-electron chi connectivity index (χ0n) is 16.3. The number of rotatable bonds is 9. The number of methoxy groups -OCH3 is 1. The molecule has 11 heteroatoms. The third-order valence-corrected chi connectivity index (χ3v) is 6.37. The molecule has 0 unspecified atom stereocenters. The van der Waals surface area contributed by atoms with Crippen LogP contribution in [0.5, 0.6) is 5.75 Å². The number of nitrogens with one attached hydrogen (secondary N) is 1. The van der Waals surface area contributed by atoms with E-state index in [0.717, 1.165) is 10.4 Å². The Morgan fingerprint density at radius 2 is 2.17 bits per heavy atom. The maximum absolute atomic E-state index is 12.5. The van der Waals surface area contributed by atoms with Crippen molar-refractivity contribution in [1.82, 2.24) is 14.8 Å².